The van der Waals surface area contributed by atoms with Crippen LogP contribution in [0.4, 0.5) is 4.39 Å². The molecule has 0 aliphatic carbocycles. The molecular formula is C16H12ClFO2. The highest BCUT2D eigenvalue weighted by Gasteiger charge is 2.11. The van der Waals surface area contributed by atoms with Crippen LogP contribution in [0.5, 0.6) is 0 Å². The third kappa shape index (κ3) is 3.45. The number of hydrogen-bond acceptors (Lipinski definition) is 2. The number of carbonyl (C=O) groups is 1. The molecule has 0 radical (unpaired) electrons. The van der Waals surface area contributed by atoms with E-state index in [0.29, 0.717) is 10.6 Å². The predicted octanol–water partition coefficient (Wildman–Crippen LogP) is 4.44. The van der Waals surface area contributed by atoms with Gasteiger partial charge in [-0.2, -0.15) is 0 Å². The van der Waals surface area contributed by atoms with E-state index < -0.39 is 11.8 Å². The zero-order valence-electron chi connectivity index (χ0n) is 10.8. The third-order valence-corrected chi connectivity index (χ3v) is 2.99. The Morgan fingerprint density at radius 1 is 1.10 bits per heavy atom. The van der Waals surface area contributed by atoms with Crippen molar-refractivity contribution in [1.29, 1.82) is 0 Å². The smallest absolute Gasteiger partial charge is 0.340 e. The molecule has 0 atom stereocenters. The molecule has 0 amide bonds. The van der Waals surface area contributed by atoms with Gasteiger partial charge in [-0.1, -0.05) is 42.0 Å². The molecule has 0 spiro atoms. The van der Waals surface area contributed by atoms with Crippen LogP contribution in [0.25, 0.3) is 12.2 Å². The van der Waals surface area contributed by atoms with Crippen molar-refractivity contribution >= 4 is 29.7 Å². The van der Waals surface area contributed by atoms with Crippen LogP contribution < -0.4 is 0 Å². The van der Waals surface area contributed by atoms with Gasteiger partial charge in [0.2, 0.25) is 0 Å². The SMILES string of the molecule is COC(=O)c1ccc(C=Cc2ccc(Cl)cc2)cc1F. The van der Waals surface area contributed by atoms with E-state index in [1.807, 2.05) is 18.2 Å². The molecule has 0 heterocycles. The van der Waals surface area contributed by atoms with E-state index in [0.717, 1.165) is 5.56 Å². The number of halogens is 2. The van der Waals surface area contributed by atoms with E-state index >= 15 is 0 Å². The second kappa shape index (κ2) is 6.35. The molecule has 0 saturated carbocycles. The van der Waals surface area contributed by atoms with Crippen LogP contribution in [0.2, 0.25) is 5.02 Å². The fraction of sp³-hybridized carbons (Fsp3) is 0.0625. The quantitative estimate of drug-likeness (QED) is 0.617. The van der Waals surface area contributed by atoms with Crippen LogP contribution >= 0.6 is 11.6 Å². The molecule has 0 aliphatic rings. The van der Waals surface area contributed by atoms with Gasteiger partial charge in [0.1, 0.15) is 5.82 Å². The van der Waals surface area contributed by atoms with Gasteiger partial charge in [-0.25, -0.2) is 9.18 Å². The molecule has 0 bridgehead atoms. The van der Waals surface area contributed by atoms with Gasteiger partial charge in [0.05, 0.1) is 12.7 Å². The van der Waals surface area contributed by atoms with Crippen LogP contribution in [0.15, 0.2) is 42.5 Å². The van der Waals surface area contributed by atoms with E-state index in [2.05, 4.69) is 4.74 Å². The van der Waals surface area contributed by atoms with Crippen molar-refractivity contribution in [1.82, 2.24) is 0 Å². The number of hydrogen-bond donors (Lipinski definition) is 0. The molecule has 20 heavy (non-hydrogen) atoms. The van der Waals surface area contributed by atoms with E-state index in [4.69, 9.17) is 11.6 Å². The summed E-state index contributed by atoms with van der Waals surface area (Å²) in [6, 6.07) is 11.6. The number of benzene rings is 2. The van der Waals surface area contributed by atoms with Gasteiger partial charge < -0.3 is 4.74 Å². The van der Waals surface area contributed by atoms with E-state index in [-0.39, 0.29) is 5.56 Å². The van der Waals surface area contributed by atoms with E-state index in [1.54, 1.807) is 24.3 Å². The Kier molecular flexibility index (Phi) is 4.53. The van der Waals surface area contributed by atoms with Gasteiger partial charge in [0.15, 0.2) is 0 Å². The number of carbonyl (C=O) groups excluding carboxylic acids is 1. The van der Waals surface area contributed by atoms with Crippen molar-refractivity contribution in [3.05, 3.63) is 70.0 Å². The lowest BCUT2D eigenvalue weighted by Gasteiger charge is -2.02. The Morgan fingerprint density at radius 2 is 1.70 bits per heavy atom. The summed E-state index contributed by atoms with van der Waals surface area (Å²) in [5, 5.41) is 0.663. The summed E-state index contributed by atoms with van der Waals surface area (Å²) in [4.78, 5) is 11.3. The number of ether oxygens (including phenoxy) is 1. The minimum atomic E-state index is -0.685. The van der Waals surface area contributed by atoms with Crippen molar-refractivity contribution in [2.45, 2.75) is 0 Å². The Bertz CT molecular complexity index is 648. The number of esters is 1. The largest absolute Gasteiger partial charge is 0.465 e. The summed E-state index contributed by atoms with van der Waals surface area (Å²) >= 11 is 5.79. The summed E-state index contributed by atoms with van der Waals surface area (Å²) in [6.07, 6.45) is 3.59. The average molecular weight is 291 g/mol. The lowest BCUT2D eigenvalue weighted by Crippen LogP contribution is -2.04. The van der Waals surface area contributed by atoms with Crippen molar-refractivity contribution in [3.63, 3.8) is 0 Å². The monoisotopic (exact) mass is 290 g/mol. The maximum absolute atomic E-state index is 13.7. The Hall–Kier alpha value is -2.13. The fourth-order valence-electron chi connectivity index (χ4n) is 1.68. The highest BCUT2D eigenvalue weighted by atomic mass is 35.5. The highest BCUT2D eigenvalue weighted by molar-refractivity contribution is 6.30. The fourth-order valence-corrected chi connectivity index (χ4v) is 1.80. The van der Waals surface area contributed by atoms with E-state index in [9.17, 15) is 9.18 Å². The second-order valence-corrected chi connectivity index (χ2v) is 4.55. The van der Waals surface area contributed by atoms with Gasteiger partial charge in [-0.15, -0.1) is 0 Å². The predicted molar refractivity (Wildman–Crippen MR) is 78.1 cm³/mol. The van der Waals surface area contributed by atoms with Gasteiger partial charge >= 0.3 is 5.97 Å². The molecule has 102 valence electrons. The van der Waals surface area contributed by atoms with Crippen LogP contribution in [0.1, 0.15) is 21.5 Å². The Morgan fingerprint density at radius 3 is 2.30 bits per heavy atom. The summed E-state index contributed by atoms with van der Waals surface area (Å²) in [5.41, 5.74) is 1.54. The molecule has 0 fully saturated rings. The molecule has 2 nitrogen and oxygen atoms in total. The molecule has 0 saturated heterocycles. The molecule has 2 aromatic rings. The standard InChI is InChI=1S/C16H12ClFO2/c1-20-16(19)14-9-6-12(10-15(14)18)3-2-11-4-7-13(17)8-5-11/h2-10H,1H3. The summed E-state index contributed by atoms with van der Waals surface area (Å²) in [5.74, 6) is -1.29. The summed E-state index contributed by atoms with van der Waals surface area (Å²) in [6.45, 7) is 0. The molecule has 0 N–H and O–H groups in total. The normalized spacial score (nSPS) is 10.8. The van der Waals surface area contributed by atoms with E-state index in [1.165, 1.54) is 19.2 Å². The first-order valence-corrected chi connectivity index (χ1v) is 6.29. The molecule has 2 rings (SSSR count). The Balaban J connectivity index is 2.20. The first-order valence-electron chi connectivity index (χ1n) is 5.91. The molecule has 4 heteroatoms. The topological polar surface area (TPSA) is 26.3 Å². The minimum Gasteiger partial charge on any atom is -0.465 e. The average Bonchev–Trinajstić information content (AvgIpc) is 2.46. The summed E-state index contributed by atoms with van der Waals surface area (Å²) in [7, 11) is 1.22. The molecular weight excluding hydrogens is 279 g/mol. The number of rotatable bonds is 3. The second-order valence-electron chi connectivity index (χ2n) is 4.12. The van der Waals surface area contributed by atoms with Gasteiger partial charge in [0.25, 0.3) is 0 Å². The van der Waals surface area contributed by atoms with Gasteiger partial charge in [-0.3, -0.25) is 0 Å². The lowest BCUT2D eigenvalue weighted by atomic mass is 10.1. The minimum absolute atomic E-state index is 0.0730. The van der Waals surface area contributed by atoms with Crippen LogP contribution in [0, 0.1) is 5.82 Å². The maximum Gasteiger partial charge on any atom is 0.340 e. The zero-order chi connectivity index (χ0) is 14.5. The molecule has 2 aromatic carbocycles. The first kappa shape index (κ1) is 14.3. The zero-order valence-corrected chi connectivity index (χ0v) is 11.5. The van der Waals surface area contributed by atoms with Crippen molar-refractivity contribution in [2.75, 3.05) is 7.11 Å². The van der Waals surface area contributed by atoms with Gasteiger partial charge in [0, 0.05) is 5.02 Å². The van der Waals surface area contributed by atoms with Crippen LogP contribution in [-0.2, 0) is 4.74 Å². The van der Waals surface area contributed by atoms with Gasteiger partial charge in [-0.05, 0) is 35.4 Å². The number of methoxy groups -OCH3 is 1. The van der Waals surface area contributed by atoms with Crippen LogP contribution in [-0.4, -0.2) is 13.1 Å². The van der Waals surface area contributed by atoms with Crippen LogP contribution in [0.3, 0.4) is 0 Å². The molecule has 0 aliphatic heterocycles. The maximum atomic E-state index is 13.7. The highest BCUT2D eigenvalue weighted by Crippen LogP contribution is 2.15. The Labute approximate surface area is 121 Å². The summed E-state index contributed by atoms with van der Waals surface area (Å²) < 4.78 is 18.2. The van der Waals surface area contributed by atoms with Crippen molar-refractivity contribution in [3.8, 4) is 0 Å². The third-order valence-electron chi connectivity index (χ3n) is 2.74. The molecule has 0 aromatic heterocycles. The first-order chi connectivity index (χ1) is 9.60. The van der Waals surface area contributed by atoms with Crippen molar-refractivity contribution < 1.29 is 13.9 Å². The molecule has 0 unspecified atom stereocenters. The van der Waals surface area contributed by atoms with Crippen molar-refractivity contribution in [2.24, 2.45) is 0 Å². The lowest BCUT2D eigenvalue weighted by molar-refractivity contribution is 0.0595.